The number of fused-ring (bicyclic) bond motifs is 1. The first-order valence-corrected chi connectivity index (χ1v) is 6.95. The second-order valence-electron chi connectivity index (χ2n) is 6.38. The van der Waals surface area contributed by atoms with Crippen LogP contribution in [0.15, 0.2) is 11.6 Å². The summed E-state index contributed by atoms with van der Waals surface area (Å²) in [7, 11) is 0. The van der Waals surface area contributed by atoms with Gasteiger partial charge in [-0.1, -0.05) is 25.5 Å². The molecule has 0 radical (unpaired) electrons. The molecule has 0 aromatic heterocycles. The second kappa shape index (κ2) is 4.74. The van der Waals surface area contributed by atoms with E-state index in [0.717, 1.165) is 25.7 Å². The van der Waals surface area contributed by atoms with Crippen molar-refractivity contribution < 1.29 is 9.84 Å². The number of hydrogen-bond acceptors (Lipinski definition) is 2. The lowest BCUT2D eigenvalue weighted by Crippen LogP contribution is -2.33. The van der Waals surface area contributed by atoms with E-state index in [9.17, 15) is 5.11 Å². The van der Waals surface area contributed by atoms with Crippen LogP contribution < -0.4 is 0 Å². The van der Waals surface area contributed by atoms with E-state index in [2.05, 4.69) is 33.8 Å². The van der Waals surface area contributed by atoms with E-state index in [1.165, 1.54) is 5.57 Å². The van der Waals surface area contributed by atoms with E-state index in [1.54, 1.807) is 0 Å². The van der Waals surface area contributed by atoms with Gasteiger partial charge >= 0.3 is 0 Å². The van der Waals surface area contributed by atoms with E-state index in [4.69, 9.17) is 4.74 Å². The van der Waals surface area contributed by atoms with Gasteiger partial charge in [0.1, 0.15) is 6.10 Å². The Balaban J connectivity index is 2.14. The van der Waals surface area contributed by atoms with E-state index in [1.807, 2.05) is 0 Å². The molecule has 0 unspecified atom stereocenters. The van der Waals surface area contributed by atoms with Crippen LogP contribution >= 0.6 is 0 Å². The lowest BCUT2D eigenvalue weighted by atomic mass is 9.80. The molecule has 0 bridgehead atoms. The zero-order chi connectivity index (χ0) is 12.6. The van der Waals surface area contributed by atoms with Crippen LogP contribution in [-0.2, 0) is 4.74 Å². The molecule has 1 saturated heterocycles. The first kappa shape index (κ1) is 13.1. The third-order valence-corrected chi connectivity index (χ3v) is 4.55. The molecule has 1 heterocycles. The average molecular weight is 238 g/mol. The van der Waals surface area contributed by atoms with Gasteiger partial charge in [-0.3, -0.25) is 0 Å². The third-order valence-electron chi connectivity index (χ3n) is 4.55. The fourth-order valence-electron chi connectivity index (χ4n) is 3.11. The van der Waals surface area contributed by atoms with Crippen molar-refractivity contribution in [2.45, 2.75) is 71.2 Å². The molecule has 0 saturated carbocycles. The van der Waals surface area contributed by atoms with Crippen molar-refractivity contribution in [1.82, 2.24) is 0 Å². The molecule has 2 rings (SSSR count). The molecule has 1 fully saturated rings. The fraction of sp³-hybridized carbons (Fsp3) is 0.867. The van der Waals surface area contributed by atoms with Crippen molar-refractivity contribution in [1.29, 1.82) is 0 Å². The van der Waals surface area contributed by atoms with Crippen molar-refractivity contribution in [2.24, 2.45) is 11.8 Å². The van der Waals surface area contributed by atoms with Gasteiger partial charge in [-0.2, -0.15) is 0 Å². The Hall–Kier alpha value is -0.340. The second-order valence-corrected chi connectivity index (χ2v) is 6.38. The number of aliphatic hydroxyl groups is 1. The zero-order valence-electron chi connectivity index (χ0n) is 11.6. The predicted molar refractivity (Wildman–Crippen MR) is 69.8 cm³/mol. The molecular weight excluding hydrogens is 212 g/mol. The van der Waals surface area contributed by atoms with Crippen molar-refractivity contribution in [3.05, 3.63) is 11.6 Å². The van der Waals surface area contributed by atoms with Crippen molar-refractivity contribution in [3.8, 4) is 0 Å². The van der Waals surface area contributed by atoms with E-state index in [0.29, 0.717) is 11.8 Å². The van der Waals surface area contributed by atoms with Crippen LogP contribution in [0.1, 0.15) is 53.4 Å². The molecule has 0 spiro atoms. The number of hydrogen-bond donors (Lipinski definition) is 1. The van der Waals surface area contributed by atoms with Gasteiger partial charge in [-0.25, -0.2) is 0 Å². The Kier molecular flexibility index (Phi) is 3.65. The Morgan fingerprint density at radius 3 is 2.82 bits per heavy atom. The van der Waals surface area contributed by atoms with Gasteiger partial charge in [-0.05, 0) is 51.4 Å². The van der Waals surface area contributed by atoms with Crippen LogP contribution in [0.5, 0.6) is 0 Å². The summed E-state index contributed by atoms with van der Waals surface area (Å²) in [6, 6.07) is 0. The Morgan fingerprint density at radius 2 is 2.18 bits per heavy atom. The van der Waals surface area contributed by atoms with Crippen molar-refractivity contribution >= 4 is 0 Å². The highest BCUT2D eigenvalue weighted by Gasteiger charge is 2.57. The van der Waals surface area contributed by atoms with Crippen molar-refractivity contribution in [3.63, 3.8) is 0 Å². The predicted octanol–water partition coefficient (Wildman–Crippen LogP) is 3.30. The van der Waals surface area contributed by atoms with Gasteiger partial charge in [0.15, 0.2) is 0 Å². The van der Waals surface area contributed by atoms with Crippen LogP contribution in [0.25, 0.3) is 0 Å². The van der Waals surface area contributed by atoms with Gasteiger partial charge in [-0.15, -0.1) is 0 Å². The topological polar surface area (TPSA) is 32.8 Å². The standard InChI is InChI=1S/C15H26O2/c1-10(2)12-8-7-11(3)6-5-9-15(4)14(17-15)13(12)16/h6,10,12-14,16H,5,7-9H2,1-4H3/b11-6+/t12-,13+,14+,15-/m0/s1. The summed E-state index contributed by atoms with van der Waals surface area (Å²) in [5.74, 6) is 0.883. The van der Waals surface area contributed by atoms with Gasteiger partial charge in [0.25, 0.3) is 0 Å². The SMILES string of the molecule is C/C1=C\CC[C@]2(C)O[C@@H]2[C@H](O)[C@H](C(C)C)CC1. The largest absolute Gasteiger partial charge is 0.390 e. The summed E-state index contributed by atoms with van der Waals surface area (Å²) in [5, 5.41) is 10.5. The highest BCUT2D eigenvalue weighted by molar-refractivity contribution is 5.09. The molecule has 2 aliphatic rings. The molecule has 2 heteroatoms. The molecule has 1 N–H and O–H groups in total. The Morgan fingerprint density at radius 1 is 1.47 bits per heavy atom. The normalized spacial score (nSPS) is 46.0. The first-order valence-electron chi connectivity index (χ1n) is 6.95. The molecule has 1 aliphatic heterocycles. The Labute approximate surface area is 105 Å². The summed E-state index contributed by atoms with van der Waals surface area (Å²) in [6.45, 7) is 8.76. The molecule has 17 heavy (non-hydrogen) atoms. The summed E-state index contributed by atoms with van der Waals surface area (Å²) >= 11 is 0. The third kappa shape index (κ3) is 2.74. The van der Waals surface area contributed by atoms with Gasteiger partial charge in [0.2, 0.25) is 0 Å². The van der Waals surface area contributed by atoms with Crippen LogP contribution in [0.2, 0.25) is 0 Å². The number of epoxide rings is 1. The summed E-state index contributed by atoms with van der Waals surface area (Å²) < 4.78 is 5.79. The number of rotatable bonds is 1. The zero-order valence-corrected chi connectivity index (χ0v) is 11.6. The lowest BCUT2D eigenvalue weighted by molar-refractivity contribution is 0.0505. The van der Waals surface area contributed by atoms with Gasteiger partial charge in [0, 0.05) is 0 Å². The molecule has 1 aliphatic carbocycles. The monoisotopic (exact) mass is 238 g/mol. The maximum Gasteiger partial charge on any atom is 0.113 e. The lowest BCUT2D eigenvalue weighted by Gasteiger charge is -2.27. The summed E-state index contributed by atoms with van der Waals surface area (Å²) in [6.07, 6.45) is 6.45. The van der Waals surface area contributed by atoms with E-state index in [-0.39, 0.29) is 17.8 Å². The Bertz CT molecular complexity index is 308. The van der Waals surface area contributed by atoms with Gasteiger partial charge in [0.05, 0.1) is 11.7 Å². The summed E-state index contributed by atoms with van der Waals surface area (Å²) in [5.41, 5.74) is 1.39. The minimum absolute atomic E-state index is 0.0688. The van der Waals surface area contributed by atoms with Crippen LogP contribution in [0, 0.1) is 11.8 Å². The first-order chi connectivity index (χ1) is 7.94. The van der Waals surface area contributed by atoms with Gasteiger partial charge < -0.3 is 9.84 Å². The maximum atomic E-state index is 10.5. The summed E-state index contributed by atoms with van der Waals surface area (Å²) in [4.78, 5) is 0. The molecule has 0 aromatic carbocycles. The van der Waals surface area contributed by atoms with E-state index >= 15 is 0 Å². The molecule has 0 amide bonds. The van der Waals surface area contributed by atoms with Crippen LogP contribution in [0.3, 0.4) is 0 Å². The minimum Gasteiger partial charge on any atom is -0.390 e. The van der Waals surface area contributed by atoms with Crippen LogP contribution in [0.4, 0.5) is 0 Å². The fourth-order valence-corrected chi connectivity index (χ4v) is 3.11. The quantitative estimate of drug-likeness (QED) is 0.561. The minimum atomic E-state index is -0.286. The number of ether oxygens (including phenoxy) is 1. The molecule has 2 nitrogen and oxygen atoms in total. The molecule has 98 valence electrons. The van der Waals surface area contributed by atoms with E-state index < -0.39 is 0 Å². The smallest absolute Gasteiger partial charge is 0.113 e. The number of aliphatic hydroxyl groups excluding tert-OH is 1. The number of allylic oxidation sites excluding steroid dienone is 2. The average Bonchev–Trinajstić information content (AvgIpc) is 2.89. The highest BCUT2D eigenvalue weighted by atomic mass is 16.6. The molecular formula is C15H26O2. The van der Waals surface area contributed by atoms with Crippen LogP contribution in [-0.4, -0.2) is 22.9 Å². The molecule has 0 aromatic rings. The highest BCUT2D eigenvalue weighted by Crippen LogP contribution is 2.46. The molecule has 4 atom stereocenters. The van der Waals surface area contributed by atoms with Crippen molar-refractivity contribution in [2.75, 3.05) is 0 Å². The maximum absolute atomic E-state index is 10.5.